The van der Waals surface area contributed by atoms with E-state index in [0.717, 1.165) is 30.3 Å². The maximum absolute atomic E-state index is 12.2. The molecule has 0 saturated carbocycles. The molecule has 0 aromatic carbocycles. The van der Waals surface area contributed by atoms with Gasteiger partial charge in [-0.1, -0.05) is 0 Å². The quantitative estimate of drug-likeness (QED) is 0.806. The SMILES string of the molecule is C[C@H]1C[C@H](Cc2ccn3ncc(N4CCC(=O)NC4=O)c3c2)CCN1S(C)(=O)=O. The fraction of sp³-hybridized carbons (Fsp3) is 0.526. The van der Waals surface area contributed by atoms with Gasteiger partial charge in [-0.3, -0.25) is 15.0 Å². The first-order valence-electron chi connectivity index (χ1n) is 9.77. The summed E-state index contributed by atoms with van der Waals surface area (Å²) in [4.78, 5) is 25.2. The van der Waals surface area contributed by atoms with Crippen LogP contribution in [0.3, 0.4) is 0 Å². The number of carbonyl (C=O) groups excluding carboxylic acids is 2. The van der Waals surface area contributed by atoms with Crippen LogP contribution in [0.1, 0.15) is 31.7 Å². The number of aromatic nitrogens is 2. The Morgan fingerprint density at radius 2 is 2.07 bits per heavy atom. The van der Waals surface area contributed by atoms with Gasteiger partial charge in [0.25, 0.3) is 0 Å². The highest BCUT2D eigenvalue weighted by Gasteiger charge is 2.31. The van der Waals surface area contributed by atoms with Gasteiger partial charge in [-0.25, -0.2) is 17.7 Å². The zero-order valence-electron chi connectivity index (χ0n) is 16.5. The number of carbonyl (C=O) groups is 2. The highest BCUT2D eigenvalue weighted by molar-refractivity contribution is 7.88. The van der Waals surface area contributed by atoms with E-state index in [1.165, 1.54) is 6.26 Å². The number of amides is 3. The molecule has 9 nitrogen and oxygen atoms in total. The maximum atomic E-state index is 12.2. The molecule has 2 fully saturated rings. The Morgan fingerprint density at radius 1 is 1.28 bits per heavy atom. The molecule has 3 amide bonds. The largest absolute Gasteiger partial charge is 0.328 e. The van der Waals surface area contributed by atoms with Crippen LogP contribution in [-0.2, 0) is 21.2 Å². The monoisotopic (exact) mass is 419 g/mol. The molecule has 1 N–H and O–H groups in total. The molecule has 2 saturated heterocycles. The molecule has 10 heteroatoms. The third kappa shape index (κ3) is 3.99. The van der Waals surface area contributed by atoms with Crippen LogP contribution in [-0.4, -0.2) is 59.7 Å². The number of sulfonamides is 1. The van der Waals surface area contributed by atoms with Gasteiger partial charge in [0.05, 0.1) is 23.7 Å². The van der Waals surface area contributed by atoms with E-state index in [1.807, 2.05) is 25.3 Å². The first-order valence-corrected chi connectivity index (χ1v) is 11.6. The van der Waals surface area contributed by atoms with Gasteiger partial charge in [0.2, 0.25) is 15.9 Å². The molecule has 2 aromatic heterocycles. The summed E-state index contributed by atoms with van der Waals surface area (Å²) in [7, 11) is -3.17. The first-order chi connectivity index (χ1) is 13.7. The minimum absolute atomic E-state index is 0.00686. The molecule has 0 radical (unpaired) electrons. The summed E-state index contributed by atoms with van der Waals surface area (Å²) in [6, 6.07) is 3.60. The number of fused-ring (bicyclic) bond motifs is 1. The molecule has 4 rings (SSSR count). The first kappa shape index (κ1) is 19.8. The number of hydrogen-bond acceptors (Lipinski definition) is 5. The highest BCUT2D eigenvalue weighted by Crippen LogP contribution is 2.29. The second-order valence-corrected chi connectivity index (χ2v) is 9.90. The summed E-state index contributed by atoms with van der Waals surface area (Å²) in [5, 5.41) is 6.66. The van der Waals surface area contributed by atoms with Crippen molar-refractivity contribution in [3.8, 4) is 0 Å². The summed E-state index contributed by atoms with van der Waals surface area (Å²) in [6.45, 7) is 2.84. The predicted octanol–water partition coefficient (Wildman–Crippen LogP) is 1.38. The molecule has 29 heavy (non-hydrogen) atoms. The van der Waals surface area contributed by atoms with Gasteiger partial charge in [-0.2, -0.15) is 9.40 Å². The van der Waals surface area contributed by atoms with Gasteiger partial charge in [-0.15, -0.1) is 0 Å². The zero-order chi connectivity index (χ0) is 20.8. The van der Waals surface area contributed by atoms with Crippen molar-refractivity contribution < 1.29 is 18.0 Å². The van der Waals surface area contributed by atoms with Crippen molar-refractivity contribution in [1.29, 1.82) is 0 Å². The highest BCUT2D eigenvalue weighted by atomic mass is 32.2. The van der Waals surface area contributed by atoms with Gasteiger partial charge >= 0.3 is 6.03 Å². The molecule has 2 aliphatic heterocycles. The van der Waals surface area contributed by atoms with Gasteiger partial charge in [0.15, 0.2) is 0 Å². The Morgan fingerprint density at radius 3 is 2.76 bits per heavy atom. The fourth-order valence-corrected chi connectivity index (χ4v) is 5.58. The molecule has 2 aromatic rings. The minimum atomic E-state index is -3.17. The number of piperidine rings is 1. The van der Waals surface area contributed by atoms with E-state index in [4.69, 9.17) is 0 Å². The number of pyridine rings is 1. The van der Waals surface area contributed by atoms with Crippen molar-refractivity contribution in [3.63, 3.8) is 0 Å². The normalized spacial score (nSPS) is 24.1. The number of nitrogens with zero attached hydrogens (tertiary/aromatic N) is 4. The zero-order valence-corrected chi connectivity index (χ0v) is 17.4. The summed E-state index contributed by atoms with van der Waals surface area (Å²) in [6.07, 6.45) is 7.53. The molecule has 0 aliphatic carbocycles. The summed E-state index contributed by atoms with van der Waals surface area (Å²) < 4.78 is 27.0. The number of urea groups is 1. The van der Waals surface area contributed by atoms with Gasteiger partial charge in [0.1, 0.15) is 0 Å². The summed E-state index contributed by atoms with van der Waals surface area (Å²) >= 11 is 0. The van der Waals surface area contributed by atoms with Crippen molar-refractivity contribution in [2.45, 2.75) is 38.6 Å². The second-order valence-electron chi connectivity index (χ2n) is 7.97. The molecule has 2 aliphatic rings. The third-order valence-corrected chi connectivity index (χ3v) is 7.18. The standard InChI is InChI=1S/C19H25N5O4S/c1-13-9-14(4-8-24(13)29(2,27)28)10-15-3-7-23-16(11-15)17(12-20-23)22-6-5-18(25)21-19(22)26/h3,7,11-14H,4-6,8-10H2,1-2H3,(H,21,25,26)/t13-,14+/m0/s1. The molecule has 0 unspecified atom stereocenters. The van der Waals surface area contributed by atoms with Crippen LogP contribution in [0.15, 0.2) is 24.5 Å². The lowest BCUT2D eigenvalue weighted by molar-refractivity contribution is -0.120. The summed E-state index contributed by atoms with van der Waals surface area (Å²) in [5.41, 5.74) is 2.61. The molecule has 0 bridgehead atoms. The van der Waals surface area contributed by atoms with Crippen molar-refractivity contribution in [2.75, 3.05) is 24.2 Å². The average molecular weight is 420 g/mol. The topological polar surface area (TPSA) is 104 Å². The van der Waals surface area contributed by atoms with E-state index < -0.39 is 16.1 Å². The number of hydrogen-bond donors (Lipinski definition) is 1. The molecule has 4 heterocycles. The third-order valence-electron chi connectivity index (χ3n) is 5.78. The van der Waals surface area contributed by atoms with Crippen LogP contribution in [0.5, 0.6) is 0 Å². The summed E-state index contributed by atoms with van der Waals surface area (Å²) in [5.74, 6) is 0.130. The van der Waals surface area contributed by atoms with Gasteiger partial charge in [-0.05, 0) is 49.8 Å². The molecule has 0 spiro atoms. The predicted molar refractivity (Wildman–Crippen MR) is 108 cm³/mol. The van der Waals surface area contributed by atoms with E-state index >= 15 is 0 Å². The van der Waals surface area contributed by atoms with E-state index in [1.54, 1.807) is 19.9 Å². The Bertz CT molecular complexity index is 1060. The van der Waals surface area contributed by atoms with Gasteiger partial charge in [0, 0.05) is 31.7 Å². The van der Waals surface area contributed by atoms with Crippen LogP contribution in [0.2, 0.25) is 0 Å². The van der Waals surface area contributed by atoms with Crippen molar-refractivity contribution in [2.24, 2.45) is 5.92 Å². The minimum Gasteiger partial charge on any atom is -0.290 e. The van der Waals surface area contributed by atoms with E-state index in [0.29, 0.717) is 24.7 Å². The lowest BCUT2D eigenvalue weighted by Crippen LogP contribution is -2.49. The van der Waals surface area contributed by atoms with Crippen molar-refractivity contribution in [3.05, 3.63) is 30.1 Å². The second kappa shape index (κ2) is 7.42. The lowest BCUT2D eigenvalue weighted by Gasteiger charge is -2.36. The van der Waals surface area contributed by atoms with Crippen LogP contribution in [0.25, 0.3) is 5.52 Å². The molecular weight excluding hydrogens is 394 g/mol. The van der Waals surface area contributed by atoms with Gasteiger partial charge < -0.3 is 0 Å². The lowest BCUT2D eigenvalue weighted by atomic mass is 9.88. The van der Waals surface area contributed by atoms with Crippen LogP contribution >= 0.6 is 0 Å². The maximum Gasteiger partial charge on any atom is 0.328 e. The van der Waals surface area contributed by atoms with Crippen LogP contribution in [0, 0.1) is 5.92 Å². The fourth-order valence-electron chi connectivity index (χ4n) is 4.40. The average Bonchev–Trinajstić information content (AvgIpc) is 3.04. The number of imide groups is 1. The Hall–Kier alpha value is -2.46. The number of rotatable bonds is 4. The van der Waals surface area contributed by atoms with Crippen LogP contribution < -0.4 is 10.2 Å². The number of nitrogens with one attached hydrogen (secondary N) is 1. The molecular formula is C19H25N5O4S. The Labute approximate surface area is 169 Å². The Balaban J connectivity index is 1.52. The number of anilines is 1. The van der Waals surface area contributed by atoms with Crippen molar-refractivity contribution in [1.82, 2.24) is 19.2 Å². The van der Waals surface area contributed by atoms with E-state index in [9.17, 15) is 18.0 Å². The van der Waals surface area contributed by atoms with Crippen LogP contribution in [0.4, 0.5) is 10.5 Å². The van der Waals surface area contributed by atoms with E-state index in [2.05, 4.69) is 10.4 Å². The van der Waals surface area contributed by atoms with E-state index in [-0.39, 0.29) is 18.4 Å². The molecule has 156 valence electrons. The Kier molecular flexibility index (Phi) is 5.07. The van der Waals surface area contributed by atoms with Crippen molar-refractivity contribution >= 4 is 33.2 Å². The smallest absolute Gasteiger partial charge is 0.290 e. The molecule has 2 atom stereocenters.